The molecule has 21 heavy (non-hydrogen) atoms. The summed E-state index contributed by atoms with van der Waals surface area (Å²) in [5, 5.41) is 13.9. The molecule has 0 radical (unpaired) electrons. The maximum Gasteiger partial charge on any atom is 0.276 e. The van der Waals surface area contributed by atoms with Gasteiger partial charge >= 0.3 is 0 Å². The van der Waals surface area contributed by atoms with Crippen molar-refractivity contribution in [1.29, 1.82) is 0 Å². The molecule has 0 aliphatic carbocycles. The van der Waals surface area contributed by atoms with E-state index in [9.17, 15) is 4.79 Å². The second kappa shape index (κ2) is 7.64. The van der Waals surface area contributed by atoms with Crippen LogP contribution in [0.1, 0.15) is 23.8 Å². The minimum Gasteiger partial charge on any atom is -0.369 e. The van der Waals surface area contributed by atoms with E-state index < -0.39 is 0 Å². The fourth-order valence-electron chi connectivity index (χ4n) is 1.70. The third-order valence-corrected chi connectivity index (χ3v) is 3.51. The van der Waals surface area contributed by atoms with Crippen molar-refractivity contribution in [2.75, 3.05) is 23.4 Å². The Morgan fingerprint density at radius 1 is 1.24 bits per heavy atom. The Morgan fingerprint density at radius 3 is 2.76 bits per heavy atom. The molecular weight excluding hydrogens is 284 g/mol. The first-order valence-corrected chi connectivity index (χ1v) is 7.98. The van der Waals surface area contributed by atoms with Gasteiger partial charge in [0, 0.05) is 17.1 Å². The van der Waals surface area contributed by atoms with Gasteiger partial charge in [-0.15, -0.1) is 22.0 Å². The number of nitrogens with one attached hydrogen (secondary N) is 2. The number of hydrogen-bond donors (Lipinski definition) is 2. The van der Waals surface area contributed by atoms with Crippen molar-refractivity contribution in [2.24, 2.45) is 0 Å². The van der Waals surface area contributed by atoms with E-state index >= 15 is 0 Å². The third-order valence-electron chi connectivity index (χ3n) is 2.78. The van der Waals surface area contributed by atoms with E-state index in [2.05, 4.69) is 27.8 Å². The van der Waals surface area contributed by atoms with Crippen molar-refractivity contribution < 1.29 is 4.79 Å². The van der Waals surface area contributed by atoms with Gasteiger partial charge in [0.25, 0.3) is 5.91 Å². The Balaban J connectivity index is 2.02. The number of anilines is 2. The van der Waals surface area contributed by atoms with Crippen molar-refractivity contribution in [3.05, 3.63) is 42.1 Å². The Labute approximate surface area is 128 Å². The first-order valence-electron chi connectivity index (χ1n) is 6.76. The van der Waals surface area contributed by atoms with Crippen LogP contribution < -0.4 is 10.6 Å². The SMILES string of the molecule is CCCNc1ccc(C(=O)Nc2cccc(SC)c2)nn1. The standard InChI is InChI=1S/C15H18N4OS/c1-3-9-16-14-8-7-13(18-19-14)15(20)17-11-5-4-6-12(10-11)21-2/h4-8,10H,3,9H2,1-2H3,(H,16,19)(H,17,20). The lowest BCUT2D eigenvalue weighted by molar-refractivity contribution is 0.102. The van der Waals surface area contributed by atoms with Gasteiger partial charge in [-0.3, -0.25) is 4.79 Å². The number of rotatable bonds is 6. The number of nitrogens with zero attached hydrogens (tertiary/aromatic N) is 2. The van der Waals surface area contributed by atoms with Crippen LogP contribution in [0, 0.1) is 0 Å². The van der Waals surface area contributed by atoms with E-state index in [0.717, 1.165) is 23.5 Å². The molecule has 1 aromatic carbocycles. The average Bonchev–Trinajstić information content (AvgIpc) is 2.53. The van der Waals surface area contributed by atoms with Gasteiger partial charge in [0.2, 0.25) is 0 Å². The van der Waals surface area contributed by atoms with Crippen LogP contribution in [0.3, 0.4) is 0 Å². The fraction of sp³-hybridized carbons (Fsp3) is 0.267. The molecule has 110 valence electrons. The molecule has 0 spiro atoms. The molecule has 1 aromatic heterocycles. The topological polar surface area (TPSA) is 66.9 Å². The van der Waals surface area contributed by atoms with E-state index in [0.29, 0.717) is 11.5 Å². The second-order valence-corrected chi connectivity index (χ2v) is 5.30. The Morgan fingerprint density at radius 2 is 2.10 bits per heavy atom. The van der Waals surface area contributed by atoms with Crippen molar-refractivity contribution in [1.82, 2.24) is 10.2 Å². The summed E-state index contributed by atoms with van der Waals surface area (Å²) in [7, 11) is 0. The highest BCUT2D eigenvalue weighted by molar-refractivity contribution is 7.98. The maximum atomic E-state index is 12.1. The van der Waals surface area contributed by atoms with Gasteiger partial charge in [-0.2, -0.15) is 0 Å². The average molecular weight is 302 g/mol. The molecule has 2 rings (SSSR count). The molecular formula is C15H18N4OS. The van der Waals surface area contributed by atoms with E-state index in [1.54, 1.807) is 23.9 Å². The molecule has 0 atom stereocenters. The van der Waals surface area contributed by atoms with Crippen molar-refractivity contribution in [3.63, 3.8) is 0 Å². The van der Waals surface area contributed by atoms with Crippen molar-refractivity contribution >= 4 is 29.2 Å². The number of aromatic nitrogens is 2. The zero-order valence-corrected chi connectivity index (χ0v) is 12.9. The molecule has 0 fully saturated rings. The van der Waals surface area contributed by atoms with Crippen molar-refractivity contribution in [3.8, 4) is 0 Å². The minimum atomic E-state index is -0.261. The molecule has 0 saturated heterocycles. The van der Waals surface area contributed by atoms with Crippen LogP contribution in [-0.4, -0.2) is 28.9 Å². The molecule has 0 saturated carbocycles. The summed E-state index contributed by atoms with van der Waals surface area (Å²) in [5.74, 6) is 0.417. The molecule has 2 N–H and O–H groups in total. The summed E-state index contributed by atoms with van der Waals surface area (Å²) < 4.78 is 0. The summed E-state index contributed by atoms with van der Waals surface area (Å²) in [6.07, 6.45) is 3.00. The molecule has 6 heteroatoms. The van der Waals surface area contributed by atoms with Crippen LogP contribution in [-0.2, 0) is 0 Å². The lowest BCUT2D eigenvalue weighted by atomic mass is 10.3. The van der Waals surface area contributed by atoms with Gasteiger partial charge in [-0.25, -0.2) is 0 Å². The van der Waals surface area contributed by atoms with Crippen LogP contribution in [0.25, 0.3) is 0 Å². The molecule has 0 unspecified atom stereocenters. The third kappa shape index (κ3) is 4.46. The lowest BCUT2D eigenvalue weighted by Crippen LogP contribution is -2.15. The highest BCUT2D eigenvalue weighted by Gasteiger charge is 2.08. The molecule has 5 nitrogen and oxygen atoms in total. The zero-order chi connectivity index (χ0) is 15.1. The molecule has 0 aliphatic rings. The fourth-order valence-corrected chi connectivity index (χ4v) is 2.16. The highest BCUT2D eigenvalue weighted by atomic mass is 32.2. The number of amides is 1. The van der Waals surface area contributed by atoms with E-state index in [4.69, 9.17) is 0 Å². The van der Waals surface area contributed by atoms with E-state index in [1.807, 2.05) is 30.5 Å². The number of carbonyl (C=O) groups is 1. The predicted octanol–water partition coefficient (Wildman–Crippen LogP) is 3.27. The van der Waals surface area contributed by atoms with Gasteiger partial charge in [0.1, 0.15) is 5.82 Å². The van der Waals surface area contributed by atoms with Crippen LogP contribution in [0.15, 0.2) is 41.3 Å². The first-order chi connectivity index (χ1) is 10.2. The summed E-state index contributed by atoms with van der Waals surface area (Å²) in [6.45, 7) is 2.91. The van der Waals surface area contributed by atoms with Crippen LogP contribution in [0.2, 0.25) is 0 Å². The second-order valence-electron chi connectivity index (χ2n) is 4.42. The molecule has 0 aliphatic heterocycles. The monoisotopic (exact) mass is 302 g/mol. The minimum absolute atomic E-state index is 0.261. The van der Waals surface area contributed by atoms with E-state index in [-0.39, 0.29) is 5.91 Å². The van der Waals surface area contributed by atoms with Gasteiger partial charge < -0.3 is 10.6 Å². The van der Waals surface area contributed by atoms with Gasteiger partial charge in [-0.1, -0.05) is 13.0 Å². The lowest BCUT2D eigenvalue weighted by Gasteiger charge is -2.06. The predicted molar refractivity (Wildman–Crippen MR) is 87.0 cm³/mol. The van der Waals surface area contributed by atoms with Crippen LogP contribution >= 0.6 is 11.8 Å². The summed E-state index contributed by atoms with van der Waals surface area (Å²) in [5.41, 5.74) is 1.05. The van der Waals surface area contributed by atoms with Crippen LogP contribution in [0.5, 0.6) is 0 Å². The summed E-state index contributed by atoms with van der Waals surface area (Å²) >= 11 is 1.63. The Kier molecular flexibility index (Phi) is 5.57. The number of benzene rings is 1. The smallest absolute Gasteiger partial charge is 0.276 e. The van der Waals surface area contributed by atoms with Crippen molar-refractivity contribution in [2.45, 2.75) is 18.2 Å². The normalized spacial score (nSPS) is 10.2. The maximum absolute atomic E-state index is 12.1. The molecule has 1 amide bonds. The number of thioether (sulfide) groups is 1. The first kappa shape index (κ1) is 15.3. The molecule has 1 heterocycles. The largest absolute Gasteiger partial charge is 0.369 e. The van der Waals surface area contributed by atoms with Gasteiger partial charge in [0.15, 0.2) is 5.69 Å². The zero-order valence-electron chi connectivity index (χ0n) is 12.1. The van der Waals surface area contributed by atoms with Crippen LogP contribution in [0.4, 0.5) is 11.5 Å². The Bertz CT molecular complexity index is 601. The number of hydrogen-bond acceptors (Lipinski definition) is 5. The Hall–Kier alpha value is -2.08. The number of carbonyl (C=O) groups excluding carboxylic acids is 1. The highest BCUT2D eigenvalue weighted by Crippen LogP contribution is 2.19. The quantitative estimate of drug-likeness (QED) is 0.802. The van der Waals surface area contributed by atoms with Gasteiger partial charge in [-0.05, 0) is 43.0 Å². The van der Waals surface area contributed by atoms with Gasteiger partial charge in [0.05, 0.1) is 0 Å². The molecule has 2 aromatic rings. The summed E-state index contributed by atoms with van der Waals surface area (Å²) in [4.78, 5) is 13.2. The summed E-state index contributed by atoms with van der Waals surface area (Å²) in [6, 6.07) is 11.1. The van der Waals surface area contributed by atoms with E-state index in [1.165, 1.54) is 0 Å². The molecule has 0 bridgehead atoms.